The third-order valence-corrected chi connectivity index (χ3v) is 5.89. The number of nitrogens with zero attached hydrogens (tertiary/aromatic N) is 5. The molecule has 1 aromatic carbocycles. The molecule has 0 unspecified atom stereocenters. The van der Waals surface area contributed by atoms with Gasteiger partial charge in [0.15, 0.2) is 5.82 Å². The van der Waals surface area contributed by atoms with Crippen LogP contribution >= 0.6 is 22.9 Å². The van der Waals surface area contributed by atoms with E-state index in [-0.39, 0.29) is 0 Å². The highest BCUT2D eigenvalue weighted by atomic mass is 35.5. The van der Waals surface area contributed by atoms with Crippen molar-refractivity contribution in [2.75, 3.05) is 5.32 Å². The number of aromatic nitrogens is 6. The zero-order valence-corrected chi connectivity index (χ0v) is 17.0. The van der Waals surface area contributed by atoms with Crippen LogP contribution in [0.25, 0.3) is 26.8 Å². The van der Waals surface area contributed by atoms with E-state index < -0.39 is 0 Å². The topological polar surface area (TPSA) is 83.8 Å². The molecule has 4 aromatic heterocycles. The third kappa shape index (κ3) is 3.37. The molecule has 0 atom stereocenters. The number of thiazole rings is 1. The smallest absolute Gasteiger partial charge is 0.169 e. The van der Waals surface area contributed by atoms with Crippen molar-refractivity contribution in [2.45, 2.75) is 13.5 Å². The van der Waals surface area contributed by atoms with E-state index in [0.29, 0.717) is 12.4 Å². The molecule has 0 bridgehead atoms. The lowest BCUT2D eigenvalue weighted by atomic mass is 10.2. The highest BCUT2D eigenvalue weighted by Gasteiger charge is 2.20. The minimum Gasteiger partial charge on any atom is -0.365 e. The van der Waals surface area contributed by atoms with Gasteiger partial charge in [0.25, 0.3) is 0 Å². The largest absolute Gasteiger partial charge is 0.365 e. The molecule has 5 aromatic rings. The van der Waals surface area contributed by atoms with E-state index in [0.717, 1.165) is 43.1 Å². The number of pyridine rings is 1. The van der Waals surface area contributed by atoms with Gasteiger partial charge in [-0.1, -0.05) is 29.8 Å². The molecular weight excluding hydrogens is 406 g/mol. The normalized spacial score (nSPS) is 11.2. The monoisotopic (exact) mass is 421 g/mol. The Morgan fingerprint density at radius 1 is 1.17 bits per heavy atom. The Balaban J connectivity index is 1.56. The molecule has 0 spiro atoms. The second-order valence-electron chi connectivity index (χ2n) is 6.50. The number of halogens is 1. The fourth-order valence-corrected chi connectivity index (χ4v) is 4.41. The van der Waals surface area contributed by atoms with Gasteiger partial charge < -0.3 is 5.32 Å². The van der Waals surface area contributed by atoms with Crippen molar-refractivity contribution in [2.24, 2.45) is 0 Å². The van der Waals surface area contributed by atoms with Crippen LogP contribution in [0.3, 0.4) is 0 Å². The Hall–Kier alpha value is -3.23. The van der Waals surface area contributed by atoms with Gasteiger partial charge in [0.2, 0.25) is 0 Å². The van der Waals surface area contributed by atoms with Crippen LogP contribution < -0.4 is 5.32 Å². The van der Waals surface area contributed by atoms with Gasteiger partial charge in [0.1, 0.15) is 22.0 Å². The fraction of sp³-hybridized carbons (Fsp3) is 0.100. The average Bonchev–Trinajstić information content (AvgIpc) is 3.45. The van der Waals surface area contributed by atoms with Crippen molar-refractivity contribution in [1.29, 1.82) is 0 Å². The lowest BCUT2D eigenvalue weighted by Crippen LogP contribution is -2.01. The predicted molar refractivity (Wildman–Crippen MR) is 115 cm³/mol. The zero-order valence-electron chi connectivity index (χ0n) is 15.4. The fourth-order valence-electron chi connectivity index (χ4n) is 3.19. The quantitative estimate of drug-likeness (QED) is 0.425. The number of fused-ring (bicyclic) bond motifs is 1. The molecule has 0 aliphatic heterocycles. The summed E-state index contributed by atoms with van der Waals surface area (Å²) in [5.74, 6) is 1.44. The Morgan fingerprint density at radius 3 is 2.83 bits per heavy atom. The zero-order chi connectivity index (χ0) is 19.8. The van der Waals surface area contributed by atoms with Crippen molar-refractivity contribution in [3.8, 4) is 21.3 Å². The molecule has 29 heavy (non-hydrogen) atoms. The van der Waals surface area contributed by atoms with E-state index in [9.17, 15) is 0 Å². The Morgan fingerprint density at radius 2 is 2.03 bits per heavy atom. The third-order valence-electron chi connectivity index (χ3n) is 4.56. The molecule has 0 aliphatic carbocycles. The minimum atomic E-state index is 0.620. The van der Waals surface area contributed by atoms with Gasteiger partial charge in [-0.3, -0.25) is 5.10 Å². The molecule has 0 saturated heterocycles. The lowest BCUT2D eigenvalue weighted by molar-refractivity contribution is 0.934. The van der Waals surface area contributed by atoms with Crippen molar-refractivity contribution in [3.63, 3.8) is 0 Å². The van der Waals surface area contributed by atoms with Gasteiger partial charge in [-0.2, -0.15) is 10.2 Å². The van der Waals surface area contributed by atoms with E-state index in [4.69, 9.17) is 16.6 Å². The van der Waals surface area contributed by atoms with E-state index in [2.05, 4.69) is 25.6 Å². The molecule has 7 nitrogen and oxygen atoms in total. The molecule has 5 rings (SSSR count). The Kier molecular flexibility index (Phi) is 4.49. The molecule has 0 saturated carbocycles. The summed E-state index contributed by atoms with van der Waals surface area (Å²) in [5, 5.41) is 16.6. The maximum Gasteiger partial charge on any atom is 0.169 e. The predicted octanol–water partition coefficient (Wildman–Crippen LogP) is 4.82. The van der Waals surface area contributed by atoms with Crippen molar-refractivity contribution >= 4 is 34.3 Å². The molecule has 2 N–H and O–H groups in total. The highest BCUT2D eigenvalue weighted by molar-refractivity contribution is 7.19. The van der Waals surface area contributed by atoms with Crippen LogP contribution in [-0.4, -0.2) is 29.8 Å². The second-order valence-corrected chi connectivity index (χ2v) is 7.94. The first-order valence-corrected chi connectivity index (χ1v) is 10.2. The van der Waals surface area contributed by atoms with E-state index in [1.165, 1.54) is 6.33 Å². The van der Waals surface area contributed by atoms with Crippen molar-refractivity contribution in [3.05, 3.63) is 71.3 Å². The number of aromatic amines is 1. The van der Waals surface area contributed by atoms with Gasteiger partial charge in [-0.05, 0) is 36.8 Å². The second kappa shape index (κ2) is 7.31. The SMILES string of the molecule is Cc1nn2ccccc2c1-c1nc(NCc2ccc(Cl)cc2)c(-c2ncn[nH]2)s1. The van der Waals surface area contributed by atoms with Crippen LogP contribution in [0.2, 0.25) is 5.02 Å². The lowest BCUT2D eigenvalue weighted by Gasteiger charge is -2.05. The molecule has 9 heteroatoms. The van der Waals surface area contributed by atoms with Gasteiger partial charge in [-0.25, -0.2) is 14.5 Å². The molecule has 0 aliphatic rings. The summed E-state index contributed by atoms with van der Waals surface area (Å²) >= 11 is 7.55. The van der Waals surface area contributed by atoms with E-state index >= 15 is 0 Å². The van der Waals surface area contributed by atoms with Gasteiger partial charge in [0.05, 0.1) is 16.8 Å². The van der Waals surface area contributed by atoms with Crippen LogP contribution in [0.4, 0.5) is 5.82 Å². The summed E-state index contributed by atoms with van der Waals surface area (Å²) in [6.07, 6.45) is 3.44. The van der Waals surface area contributed by atoms with Gasteiger partial charge in [-0.15, -0.1) is 11.3 Å². The molecule has 0 amide bonds. The van der Waals surface area contributed by atoms with Crippen molar-refractivity contribution in [1.82, 2.24) is 29.8 Å². The van der Waals surface area contributed by atoms with Crippen LogP contribution in [0, 0.1) is 6.92 Å². The first kappa shape index (κ1) is 17.8. The summed E-state index contributed by atoms with van der Waals surface area (Å²) in [6, 6.07) is 13.8. The number of anilines is 1. The summed E-state index contributed by atoms with van der Waals surface area (Å²) in [4.78, 5) is 10.1. The van der Waals surface area contributed by atoms with Gasteiger partial charge >= 0.3 is 0 Å². The van der Waals surface area contributed by atoms with Gasteiger partial charge in [0, 0.05) is 17.8 Å². The van der Waals surface area contributed by atoms with E-state index in [1.54, 1.807) is 11.3 Å². The number of hydrogen-bond donors (Lipinski definition) is 2. The first-order chi connectivity index (χ1) is 14.2. The number of rotatable bonds is 5. The average molecular weight is 422 g/mol. The Labute approximate surface area is 175 Å². The maximum absolute atomic E-state index is 5.99. The molecule has 4 heterocycles. The highest BCUT2D eigenvalue weighted by Crippen LogP contribution is 2.39. The summed E-state index contributed by atoms with van der Waals surface area (Å²) < 4.78 is 1.88. The van der Waals surface area contributed by atoms with Crippen LogP contribution in [-0.2, 0) is 6.54 Å². The van der Waals surface area contributed by atoms with Crippen LogP contribution in [0.5, 0.6) is 0 Å². The molecule has 0 fully saturated rings. The number of nitrogens with one attached hydrogen (secondary N) is 2. The number of hydrogen-bond acceptors (Lipinski definition) is 6. The standard InChI is InChI=1S/C20H16ClN7S/c1-12-16(15-4-2-3-9-28(15)27-12)20-25-18(17(29-20)19-23-11-24-26-19)22-10-13-5-7-14(21)8-6-13/h2-9,11,22H,10H2,1H3,(H,23,24,26). The van der Waals surface area contributed by atoms with Crippen LogP contribution in [0.1, 0.15) is 11.3 Å². The molecule has 0 radical (unpaired) electrons. The minimum absolute atomic E-state index is 0.620. The number of aryl methyl sites for hydroxylation is 1. The molecular formula is C20H16ClN7S. The summed E-state index contributed by atoms with van der Waals surface area (Å²) in [6.45, 7) is 2.62. The number of H-pyrrole nitrogens is 1. The van der Waals surface area contributed by atoms with Crippen molar-refractivity contribution < 1.29 is 0 Å². The summed E-state index contributed by atoms with van der Waals surface area (Å²) in [7, 11) is 0. The Bertz CT molecular complexity index is 1270. The molecule has 144 valence electrons. The maximum atomic E-state index is 5.99. The first-order valence-electron chi connectivity index (χ1n) is 8.98. The van der Waals surface area contributed by atoms with E-state index in [1.807, 2.05) is 60.1 Å². The number of benzene rings is 1. The van der Waals surface area contributed by atoms with Crippen LogP contribution in [0.15, 0.2) is 55.0 Å². The summed E-state index contributed by atoms with van der Waals surface area (Å²) in [5.41, 5.74) is 4.08.